The van der Waals surface area contributed by atoms with Crippen molar-refractivity contribution in [2.75, 3.05) is 19.8 Å². The van der Waals surface area contributed by atoms with E-state index in [1.807, 2.05) is 12.2 Å². The summed E-state index contributed by atoms with van der Waals surface area (Å²) >= 11 is 0. The third-order valence-corrected chi connectivity index (χ3v) is 0.901. The second-order valence-corrected chi connectivity index (χ2v) is 1.63. The molecule has 0 aromatic rings. The molecular formula is C6H15NO. The van der Waals surface area contributed by atoms with Gasteiger partial charge in [-0.15, -0.1) is 0 Å². The van der Waals surface area contributed by atoms with Gasteiger partial charge in [0.1, 0.15) is 0 Å². The fraction of sp³-hybridized carbons (Fsp3) is 0.833. The zero-order chi connectivity index (χ0) is 6.24. The van der Waals surface area contributed by atoms with Gasteiger partial charge in [0.25, 0.3) is 0 Å². The van der Waals surface area contributed by atoms with Crippen molar-refractivity contribution in [3.63, 3.8) is 0 Å². The first-order valence-electron chi connectivity index (χ1n) is 3.10. The lowest BCUT2D eigenvalue weighted by Crippen LogP contribution is -2.77. The number of hydrogen-bond donors (Lipinski definition) is 1. The van der Waals surface area contributed by atoms with E-state index < -0.39 is 0 Å². The lowest BCUT2D eigenvalue weighted by molar-refractivity contribution is -0.596. The zero-order valence-electron chi connectivity index (χ0n) is 5.52. The Balaban J connectivity index is 2.53. The molecule has 0 unspecified atom stereocenters. The van der Waals surface area contributed by atoms with Crippen LogP contribution in [0.2, 0.25) is 0 Å². The van der Waals surface area contributed by atoms with Crippen molar-refractivity contribution >= 4 is 0 Å². The fourth-order valence-corrected chi connectivity index (χ4v) is 0.474. The molecule has 0 fully saturated rings. The molecule has 0 rings (SSSR count). The molecule has 2 heteroatoms. The first kappa shape index (κ1) is 7.92. The second-order valence-electron chi connectivity index (χ2n) is 1.63. The van der Waals surface area contributed by atoms with E-state index in [1.54, 1.807) is 0 Å². The van der Waals surface area contributed by atoms with Gasteiger partial charge in [0.2, 0.25) is 0 Å². The normalized spacial score (nSPS) is 9.75. The minimum Gasteiger partial charge on any atom is -0.479 e. The van der Waals surface area contributed by atoms with Crippen LogP contribution in [0.1, 0.15) is 13.3 Å². The number of hydrogen-bond acceptors (Lipinski definition) is 1. The van der Waals surface area contributed by atoms with Gasteiger partial charge in [-0.3, -0.25) is 0 Å². The smallest absolute Gasteiger partial charge is 0.0537 e. The van der Waals surface area contributed by atoms with Crippen LogP contribution in [-0.2, 0) is 4.74 Å². The summed E-state index contributed by atoms with van der Waals surface area (Å²) in [5, 5.41) is 1.92. The molecule has 0 aromatic carbocycles. The third-order valence-electron chi connectivity index (χ3n) is 0.901. The van der Waals surface area contributed by atoms with E-state index in [1.165, 1.54) is 0 Å². The molecule has 0 spiro atoms. The average molecular weight is 117 g/mol. The highest BCUT2D eigenvalue weighted by molar-refractivity contribution is 4.28. The zero-order valence-corrected chi connectivity index (χ0v) is 5.52. The highest BCUT2D eigenvalue weighted by atomic mass is 16.5. The first-order chi connectivity index (χ1) is 3.91. The Labute approximate surface area is 51.2 Å². The van der Waals surface area contributed by atoms with Gasteiger partial charge in [-0.1, -0.05) is 0 Å². The Hall–Kier alpha value is -0.0800. The van der Waals surface area contributed by atoms with Crippen LogP contribution in [0.25, 0.3) is 0 Å². The van der Waals surface area contributed by atoms with Crippen molar-refractivity contribution in [1.82, 2.24) is 0 Å². The van der Waals surface area contributed by atoms with Crippen molar-refractivity contribution in [2.45, 2.75) is 13.3 Å². The maximum Gasteiger partial charge on any atom is 0.0537 e. The number of nitrogens with two attached hydrogens (primary N) is 1. The van der Waals surface area contributed by atoms with Crippen LogP contribution in [0.4, 0.5) is 0 Å². The predicted molar refractivity (Wildman–Crippen MR) is 33.3 cm³/mol. The summed E-state index contributed by atoms with van der Waals surface area (Å²) in [6, 6.07) is 0. The molecule has 0 aliphatic heterocycles. The summed E-state index contributed by atoms with van der Waals surface area (Å²) in [6.07, 6.45) is 1.11. The topological polar surface area (TPSA) is 25.8 Å². The molecule has 0 bridgehead atoms. The van der Waals surface area contributed by atoms with Crippen molar-refractivity contribution < 1.29 is 10.1 Å². The van der Waals surface area contributed by atoms with Crippen LogP contribution in [-0.4, -0.2) is 19.8 Å². The van der Waals surface area contributed by atoms with Crippen LogP contribution >= 0.6 is 0 Å². The Morgan fingerprint density at radius 1 is 1.62 bits per heavy atom. The molecule has 0 aromatic heterocycles. The molecule has 0 saturated heterocycles. The highest BCUT2D eigenvalue weighted by Gasteiger charge is 1.82. The van der Waals surface area contributed by atoms with E-state index in [-0.39, 0.29) is 0 Å². The quantitative estimate of drug-likeness (QED) is 0.390. The Bertz CT molecular complexity index is 33.5. The molecular weight excluding hydrogens is 102 g/mol. The third kappa shape index (κ3) is 5.92. The standard InChI is InChI=1S/C6H15NO/c1-3-8-6-4-5-7-2/h2-7H2,1H3. The minimum absolute atomic E-state index is 0.830. The lowest BCUT2D eigenvalue weighted by atomic mass is 10.4. The lowest BCUT2D eigenvalue weighted by Gasteiger charge is -1.99. The number of rotatable bonds is 5. The van der Waals surface area contributed by atoms with Crippen molar-refractivity contribution in [3.8, 4) is 0 Å². The Kier molecular flexibility index (Phi) is 6.85. The molecule has 0 aliphatic rings. The van der Waals surface area contributed by atoms with Gasteiger partial charge in [-0.05, 0) is 6.92 Å². The maximum absolute atomic E-state index is 5.09. The monoisotopic (exact) mass is 117 g/mol. The molecule has 50 valence electrons. The second kappa shape index (κ2) is 6.92. The van der Waals surface area contributed by atoms with E-state index in [0.29, 0.717) is 0 Å². The molecule has 2 nitrogen and oxygen atoms in total. The SMILES string of the molecule is [CH2-][NH2+]CCCOCC. The largest absolute Gasteiger partial charge is 0.479 e. The van der Waals surface area contributed by atoms with E-state index >= 15 is 0 Å². The molecule has 0 atom stereocenters. The highest BCUT2D eigenvalue weighted by Crippen LogP contribution is 1.75. The molecule has 0 amide bonds. The van der Waals surface area contributed by atoms with Gasteiger partial charge in [0.15, 0.2) is 0 Å². The van der Waals surface area contributed by atoms with Gasteiger partial charge in [0, 0.05) is 13.0 Å². The number of quaternary nitrogens is 1. The van der Waals surface area contributed by atoms with Crippen LogP contribution in [0.15, 0.2) is 0 Å². The summed E-state index contributed by atoms with van der Waals surface area (Å²) in [4.78, 5) is 0. The van der Waals surface area contributed by atoms with Crippen molar-refractivity contribution in [2.24, 2.45) is 0 Å². The van der Waals surface area contributed by atoms with E-state index in [2.05, 4.69) is 7.05 Å². The average Bonchev–Trinajstić information content (AvgIpc) is 1.81. The van der Waals surface area contributed by atoms with Crippen LogP contribution in [0, 0.1) is 7.05 Å². The Morgan fingerprint density at radius 3 is 2.88 bits per heavy atom. The van der Waals surface area contributed by atoms with Crippen LogP contribution in [0.5, 0.6) is 0 Å². The summed E-state index contributed by atoms with van der Waals surface area (Å²) in [5.41, 5.74) is 0. The molecule has 0 saturated carbocycles. The molecule has 8 heavy (non-hydrogen) atoms. The van der Waals surface area contributed by atoms with E-state index in [9.17, 15) is 0 Å². The van der Waals surface area contributed by atoms with Gasteiger partial charge >= 0.3 is 0 Å². The van der Waals surface area contributed by atoms with Gasteiger partial charge in [-0.25, -0.2) is 0 Å². The predicted octanol–water partition coefficient (Wildman–Crippen LogP) is -0.232. The summed E-state index contributed by atoms with van der Waals surface area (Å²) < 4.78 is 5.09. The first-order valence-corrected chi connectivity index (χ1v) is 3.10. The molecule has 0 radical (unpaired) electrons. The van der Waals surface area contributed by atoms with E-state index in [4.69, 9.17) is 4.74 Å². The maximum atomic E-state index is 5.09. The Morgan fingerprint density at radius 2 is 2.38 bits per heavy atom. The molecule has 0 heterocycles. The summed E-state index contributed by atoms with van der Waals surface area (Å²) in [6.45, 7) is 4.79. The summed E-state index contributed by atoms with van der Waals surface area (Å²) in [5.74, 6) is 0. The van der Waals surface area contributed by atoms with E-state index in [0.717, 1.165) is 26.2 Å². The van der Waals surface area contributed by atoms with Crippen LogP contribution < -0.4 is 5.32 Å². The molecule has 2 N–H and O–H groups in total. The summed E-state index contributed by atoms with van der Waals surface area (Å²) in [7, 11) is 3.60. The van der Waals surface area contributed by atoms with Crippen molar-refractivity contribution in [3.05, 3.63) is 7.05 Å². The molecule has 0 aliphatic carbocycles. The fourth-order valence-electron chi connectivity index (χ4n) is 0.474. The van der Waals surface area contributed by atoms with Crippen LogP contribution in [0.3, 0.4) is 0 Å². The van der Waals surface area contributed by atoms with Gasteiger partial charge in [-0.2, -0.15) is 7.05 Å². The van der Waals surface area contributed by atoms with Crippen molar-refractivity contribution in [1.29, 1.82) is 0 Å². The number of ether oxygens (including phenoxy) is 1. The van der Waals surface area contributed by atoms with Gasteiger partial charge < -0.3 is 10.1 Å². The van der Waals surface area contributed by atoms with Gasteiger partial charge in [0.05, 0.1) is 13.2 Å². The minimum atomic E-state index is 0.830.